The number of thiazole rings is 1. The summed E-state index contributed by atoms with van der Waals surface area (Å²) in [4.78, 5) is 20.9. The molecule has 0 aliphatic carbocycles. The lowest BCUT2D eigenvalue weighted by molar-refractivity contribution is -0.137. The molecule has 5 nitrogen and oxygen atoms in total. The average Bonchev–Trinajstić information content (AvgIpc) is 3.33. The van der Waals surface area contributed by atoms with Gasteiger partial charge in [-0.3, -0.25) is 10.1 Å². The number of nitrogens with zero attached hydrogens (tertiary/aromatic N) is 2. The van der Waals surface area contributed by atoms with Crippen LogP contribution in [0.5, 0.6) is 0 Å². The first-order chi connectivity index (χ1) is 15.1. The molecule has 0 atom stereocenters. The summed E-state index contributed by atoms with van der Waals surface area (Å²) in [6.07, 6.45) is -3.42. The zero-order valence-corrected chi connectivity index (χ0v) is 16.9. The molecule has 2 aromatic heterocycles. The van der Waals surface area contributed by atoms with Crippen LogP contribution in [0.25, 0.3) is 21.9 Å². The van der Waals surface area contributed by atoms with E-state index in [4.69, 9.17) is 4.42 Å². The SMILES string of the molecule is Cc1ncoc1-c1nc(NC(=O)c2c(F)cccc2F)sc1-c1cccc(C(F)(F)F)c1. The Morgan fingerprint density at radius 1 is 1.09 bits per heavy atom. The van der Waals surface area contributed by atoms with Gasteiger partial charge >= 0.3 is 6.18 Å². The number of aromatic nitrogens is 2. The number of nitrogens with one attached hydrogen (secondary N) is 1. The van der Waals surface area contributed by atoms with E-state index in [-0.39, 0.29) is 27.0 Å². The first kappa shape index (κ1) is 21.6. The van der Waals surface area contributed by atoms with E-state index in [1.54, 1.807) is 6.92 Å². The Bertz CT molecular complexity index is 1290. The van der Waals surface area contributed by atoms with Crippen LogP contribution in [-0.2, 0) is 6.18 Å². The van der Waals surface area contributed by atoms with E-state index in [2.05, 4.69) is 15.3 Å². The lowest BCUT2D eigenvalue weighted by atomic mass is 10.1. The first-order valence-corrected chi connectivity index (χ1v) is 9.81. The van der Waals surface area contributed by atoms with Crippen LogP contribution >= 0.6 is 11.3 Å². The third-order valence-electron chi connectivity index (χ3n) is 4.45. The van der Waals surface area contributed by atoms with Gasteiger partial charge in [-0.2, -0.15) is 13.2 Å². The molecular weight excluding hydrogens is 453 g/mol. The second kappa shape index (κ2) is 8.15. The van der Waals surface area contributed by atoms with Crippen LogP contribution in [0.4, 0.5) is 27.1 Å². The van der Waals surface area contributed by atoms with Gasteiger partial charge in [-0.15, -0.1) is 0 Å². The summed E-state index contributed by atoms with van der Waals surface area (Å²) in [5.74, 6) is -3.04. The van der Waals surface area contributed by atoms with Gasteiger partial charge in [0.15, 0.2) is 17.3 Å². The fraction of sp³-hybridized carbons (Fsp3) is 0.0952. The summed E-state index contributed by atoms with van der Waals surface area (Å²) in [6.45, 7) is 1.61. The van der Waals surface area contributed by atoms with Gasteiger partial charge in [-0.1, -0.05) is 29.5 Å². The van der Waals surface area contributed by atoms with Gasteiger partial charge in [0, 0.05) is 0 Å². The molecule has 32 heavy (non-hydrogen) atoms. The van der Waals surface area contributed by atoms with Crippen LogP contribution in [0.15, 0.2) is 53.3 Å². The van der Waals surface area contributed by atoms with Crippen molar-refractivity contribution in [1.29, 1.82) is 0 Å². The van der Waals surface area contributed by atoms with E-state index in [1.807, 2.05) is 0 Å². The number of benzene rings is 2. The number of aryl methyl sites for hydroxylation is 1. The van der Waals surface area contributed by atoms with Crippen LogP contribution in [0, 0.1) is 18.6 Å². The van der Waals surface area contributed by atoms with E-state index >= 15 is 0 Å². The minimum atomic E-state index is -4.57. The minimum absolute atomic E-state index is 0.0872. The zero-order valence-electron chi connectivity index (χ0n) is 16.1. The maximum absolute atomic E-state index is 13.9. The maximum Gasteiger partial charge on any atom is 0.416 e. The zero-order chi connectivity index (χ0) is 23.0. The number of carbonyl (C=O) groups is 1. The van der Waals surface area contributed by atoms with Crippen molar-refractivity contribution in [3.8, 4) is 21.9 Å². The Kier molecular flexibility index (Phi) is 5.51. The van der Waals surface area contributed by atoms with E-state index in [0.717, 1.165) is 48.1 Å². The summed E-state index contributed by atoms with van der Waals surface area (Å²) in [7, 11) is 0. The second-order valence-electron chi connectivity index (χ2n) is 6.59. The summed E-state index contributed by atoms with van der Waals surface area (Å²) in [5, 5.41) is 2.21. The van der Waals surface area contributed by atoms with Gasteiger partial charge in [0.05, 0.1) is 16.1 Å². The number of carbonyl (C=O) groups excluding carboxylic acids is 1. The van der Waals surface area contributed by atoms with Gasteiger partial charge in [-0.25, -0.2) is 18.7 Å². The Morgan fingerprint density at radius 2 is 1.78 bits per heavy atom. The van der Waals surface area contributed by atoms with Crippen LogP contribution in [0.2, 0.25) is 0 Å². The highest BCUT2D eigenvalue weighted by atomic mass is 32.1. The average molecular weight is 465 g/mol. The second-order valence-corrected chi connectivity index (χ2v) is 7.59. The maximum atomic E-state index is 13.9. The Balaban J connectivity index is 1.79. The third-order valence-corrected chi connectivity index (χ3v) is 5.47. The standard InChI is InChI=1S/C21H12F5N3O2S/c1-10-17(31-9-27-10)16-18(11-4-2-5-12(8-11)21(24,25)26)32-20(28-16)29-19(30)15-13(22)6-3-7-14(15)23/h2-9H,1H3,(H,28,29,30). The Morgan fingerprint density at radius 3 is 2.41 bits per heavy atom. The highest BCUT2D eigenvalue weighted by Gasteiger charge is 2.31. The molecule has 0 saturated carbocycles. The Hall–Kier alpha value is -3.60. The van der Waals surface area contributed by atoms with E-state index in [9.17, 15) is 26.7 Å². The minimum Gasteiger partial charge on any atom is -0.442 e. The topological polar surface area (TPSA) is 68.0 Å². The molecule has 1 N–H and O–H groups in total. The molecule has 0 fully saturated rings. The molecule has 0 radical (unpaired) electrons. The van der Waals surface area contributed by atoms with Crippen molar-refractivity contribution in [3.63, 3.8) is 0 Å². The number of hydrogen-bond donors (Lipinski definition) is 1. The lowest BCUT2D eigenvalue weighted by Crippen LogP contribution is -2.15. The fourth-order valence-electron chi connectivity index (χ4n) is 2.96. The van der Waals surface area contributed by atoms with E-state index in [1.165, 1.54) is 12.1 Å². The van der Waals surface area contributed by atoms with Gasteiger partial charge in [0.1, 0.15) is 22.9 Å². The number of rotatable bonds is 4. The molecule has 0 spiro atoms. The number of amides is 1. The van der Waals surface area contributed by atoms with Crippen molar-refractivity contribution < 1.29 is 31.2 Å². The molecule has 0 bridgehead atoms. The highest BCUT2D eigenvalue weighted by Crippen LogP contribution is 2.42. The van der Waals surface area contributed by atoms with Gasteiger partial charge in [-0.05, 0) is 36.8 Å². The van der Waals surface area contributed by atoms with Crippen molar-refractivity contribution in [3.05, 3.63) is 77.3 Å². The molecule has 1 amide bonds. The van der Waals surface area contributed by atoms with Crippen LogP contribution < -0.4 is 5.32 Å². The van der Waals surface area contributed by atoms with Crippen molar-refractivity contribution >= 4 is 22.4 Å². The molecule has 0 unspecified atom stereocenters. The van der Waals surface area contributed by atoms with Crippen molar-refractivity contribution in [1.82, 2.24) is 9.97 Å². The molecule has 11 heteroatoms. The van der Waals surface area contributed by atoms with Gasteiger partial charge < -0.3 is 4.42 Å². The predicted molar refractivity (Wildman–Crippen MR) is 107 cm³/mol. The van der Waals surface area contributed by atoms with Crippen LogP contribution in [0.1, 0.15) is 21.6 Å². The fourth-order valence-corrected chi connectivity index (χ4v) is 3.92. The molecular formula is C21H12F5N3O2S. The van der Waals surface area contributed by atoms with E-state index < -0.39 is 34.8 Å². The normalized spacial score (nSPS) is 11.6. The summed E-state index contributed by atoms with van der Waals surface area (Å²) in [6, 6.07) is 7.51. The molecule has 164 valence electrons. The van der Waals surface area contributed by atoms with Crippen molar-refractivity contribution in [2.24, 2.45) is 0 Å². The van der Waals surface area contributed by atoms with E-state index in [0.29, 0.717) is 5.69 Å². The van der Waals surface area contributed by atoms with Gasteiger partial charge in [0.2, 0.25) is 0 Å². The predicted octanol–water partition coefficient (Wildman–Crippen LogP) is 6.32. The van der Waals surface area contributed by atoms with Gasteiger partial charge in [0.25, 0.3) is 5.91 Å². The molecule has 0 aliphatic rings. The smallest absolute Gasteiger partial charge is 0.416 e. The largest absolute Gasteiger partial charge is 0.442 e. The van der Waals surface area contributed by atoms with Crippen LogP contribution in [-0.4, -0.2) is 15.9 Å². The first-order valence-electron chi connectivity index (χ1n) is 8.99. The summed E-state index contributed by atoms with van der Waals surface area (Å²) < 4.78 is 72.8. The molecule has 0 saturated heterocycles. The number of halogens is 5. The summed E-state index contributed by atoms with van der Waals surface area (Å²) in [5.41, 5.74) is -0.959. The Labute approximate surface area is 181 Å². The molecule has 4 aromatic rings. The molecule has 4 rings (SSSR count). The molecule has 2 aromatic carbocycles. The molecule has 0 aliphatic heterocycles. The van der Waals surface area contributed by atoms with Crippen molar-refractivity contribution in [2.45, 2.75) is 13.1 Å². The third kappa shape index (κ3) is 4.11. The van der Waals surface area contributed by atoms with Crippen LogP contribution in [0.3, 0.4) is 0 Å². The highest BCUT2D eigenvalue weighted by molar-refractivity contribution is 7.19. The lowest BCUT2D eigenvalue weighted by Gasteiger charge is -2.08. The molecule has 2 heterocycles. The quantitative estimate of drug-likeness (QED) is 0.358. The monoisotopic (exact) mass is 465 g/mol. The summed E-state index contributed by atoms with van der Waals surface area (Å²) >= 11 is 0.831. The number of anilines is 1. The number of alkyl halides is 3. The number of hydrogen-bond acceptors (Lipinski definition) is 5. The van der Waals surface area contributed by atoms with Crippen molar-refractivity contribution in [2.75, 3.05) is 5.32 Å². The number of oxazole rings is 1.